The van der Waals surface area contributed by atoms with E-state index in [1.165, 1.54) is 6.92 Å². The Labute approximate surface area is 85.6 Å². The Hall–Kier alpha value is -0.810. The molecule has 0 atom stereocenters. The third-order valence-electron chi connectivity index (χ3n) is 1.27. The molecule has 0 saturated carbocycles. The van der Waals surface area contributed by atoms with E-state index in [0.717, 1.165) is 12.8 Å². The summed E-state index contributed by atoms with van der Waals surface area (Å²) in [4.78, 5) is 0. The Kier molecular flexibility index (Phi) is 6.23. The molecule has 4 nitrogen and oxygen atoms in total. The number of hydrogen-bond donors (Lipinski definition) is 0. The number of rotatable bonds is 8. The molecule has 0 aliphatic heterocycles. The zero-order valence-electron chi connectivity index (χ0n) is 8.36. The van der Waals surface area contributed by atoms with Crippen LogP contribution in [-0.2, 0) is 18.8 Å². The molecule has 0 N–H and O–H groups in total. The molecule has 0 radical (unpaired) electrons. The Balaban J connectivity index is 3.66. The molecule has 0 bridgehead atoms. The zero-order valence-corrected chi connectivity index (χ0v) is 9.18. The molecule has 0 aromatic rings. The van der Waals surface area contributed by atoms with Crippen molar-refractivity contribution in [2.24, 2.45) is 0 Å². The van der Waals surface area contributed by atoms with Crippen molar-refractivity contribution in [3.8, 4) is 0 Å². The fraction of sp³-hybridized carbons (Fsp3) is 0.556. The quantitative estimate of drug-likeness (QED) is 0.357. The summed E-state index contributed by atoms with van der Waals surface area (Å²) in [5, 5.41) is 0. The van der Waals surface area contributed by atoms with Crippen molar-refractivity contribution in [2.75, 3.05) is 6.61 Å². The minimum absolute atomic E-state index is 0.0936. The summed E-state index contributed by atoms with van der Waals surface area (Å²) in [6, 6.07) is 0. The van der Waals surface area contributed by atoms with Crippen LogP contribution >= 0.6 is 0 Å². The summed E-state index contributed by atoms with van der Waals surface area (Å²) >= 11 is 0. The first-order chi connectivity index (χ1) is 6.48. The molecule has 0 amide bonds. The molecule has 0 fully saturated rings. The second-order valence-corrected chi connectivity index (χ2v) is 4.02. The van der Waals surface area contributed by atoms with Gasteiger partial charge in [-0.3, -0.25) is 0 Å². The molecule has 14 heavy (non-hydrogen) atoms. The maximum absolute atomic E-state index is 10.9. The van der Waals surface area contributed by atoms with Gasteiger partial charge < -0.3 is 4.18 Å². The van der Waals surface area contributed by atoms with Gasteiger partial charge >= 0.3 is 10.4 Å². The van der Waals surface area contributed by atoms with Gasteiger partial charge in [-0.25, -0.2) is 4.18 Å². The highest BCUT2D eigenvalue weighted by atomic mass is 32.3. The van der Waals surface area contributed by atoms with E-state index in [9.17, 15) is 8.42 Å². The molecule has 0 saturated heterocycles. The third-order valence-corrected chi connectivity index (χ3v) is 2.22. The van der Waals surface area contributed by atoms with Gasteiger partial charge in [-0.2, -0.15) is 8.42 Å². The van der Waals surface area contributed by atoms with Crippen LogP contribution in [0.4, 0.5) is 0 Å². The standard InChI is InChI=1S/C9H16O4S/c1-4-5-6-7-8-12-14(10,11)13-9(2)3/h4H,1-2,5-8H2,3H3. The molecule has 0 unspecified atom stereocenters. The van der Waals surface area contributed by atoms with Gasteiger partial charge in [0.1, 0.15) is 5.76 Å². The fourth-order valence-electron chi connectivity index (χ4n) is 0.750. The number of unbranched alkanes of at least 4 members (excludes halogenated alkanes) is 2. The van der Waals surface area contributed by atoms with Crippen molar-refractivity contribution < 1.29 is 16.8 Å². The lowest BCUT2D eigenvalue weighted by Crippen LogP contribution is -2.09. The van der Waals surface area contributed by atoms with E-state index in [-0.39, 0.29) is 12.4 Å². The lowest BCUT2D eigenvalue weighted by Gasteiger charge is -2.05. The minimum Gasteiger partial charge on any atom is -0.367 e. The average molecular weight is 220 g/mol. The van der Waals surface area contributed by atoms with Crippen molar-refractivity contribution >= 4 is 10.4 Å². The molecular weight excluding hydrogens is 204 g/mol. The van der Waals surface area contributed by atoms with Crippen LogP contribution < -0.4 is 0 Å². The highest BCUT2D eigenvalue weighted by Crippen LogP contribution is 2.05. The molecule has 0 heterocycles. The van der Waals surface area contributed by atoms with Crippen molar-refractivity contribution in [3.63, 3.8) is 0 Å². The summed E-state index contributed by atoms with van der Waals surface area (Å²) in [5.41, 5.74) is 0. The summed E-state index contributed by atoms with van der Waals surface area (Å²) < 4.78 is 30.8. The Morgan fingerprint density at radius 1 is 1.43 bits per heavy atom. The first-order valence-corrected chi connectivity index (χ1v) is 5.66. The van der Waals surface area contributed by atoms with E-state index in [1.807, 2.05) is 0 Å². The molecule has 0 aromatic heterocycles. The fourth-order valence-corrected chi connectivity index (χ4v) is 1.47. The summed E-state index contributed by atoms with van der Waals surface area (Å²) in [5.74, 6) is 0.0936. The highest BCUT2D eigenvalue weighted by Gasteiger charge is 2.11. The van der Waals surface area contributed by atoms with Crippen LogP contribution in [-0.4, -0.2) is 15.0 Å². The van der Waals surface area contributed by atoms with Crippen molar-refractivity contribution in [2.45, 2.75) is 26.2 Å². The second kappa shape index (κ2) is 6.62. The van der Waals surface area contributed by atoms with Crippen LogP contribution in [0.15, 0.2) is 25.0 Å². The zero-order chi connectivity index (χ0) is 11.0. The van der Waals surface area contributed by atoms with Crippen molar-refractivity contribution in [1.29, 1.82) is 0 Å². The SMILES string of the molecule is C=CCCCCOS(=O)(=O)OC(=C)C. The van der Waals surface area contributed by atoms with Crippen LogP contribution in [0, 0.1) is 0 Å². The van der Waals surface area contributed by atoms with Gasteiger partial charge in [0.25, 0.3) is 0 Å². The minimum atomic E-state index is -3.89. The molecule has 0 spiro atoms. The summed E-state index contributed by atoms with van der Waals surface area (Å²) in [7, 11) is -3.89. The van der Waals surface area contributed by atoms with Crippen LogP contribution in [0.25, 0.3) is 0 Å². The van der Waals surface area contributed by atoms with E-state index >= 15 is 0 Å². The highest BCUT2D eigenvalue weighted by molar-refractivity contribution is 7.82. The Bertz CT molecular complexity index is 279. The smallest absolute Gasteiger partial charge is 0.367 e. The van der Waals surface area contributed by atoms with Gasteiger partial charge in [0.15, 0.2) is 0 Å². The monoisotopic (exact) mass is 220 g/mol. The molecule has 5 heteroatoms. The predicted octanol–water partition coefficient (Wildman–Crippen LogP) is 2.15. The van der Waals surface area contributed by atoms with Gasteiger partial charge in [-0.1, -0.05) is 12.7 Å². The number of allylic oxidation sites excluding steroid dienone is 2. The van der Waals surface area contributed by atoms with Crippen LogP contribution in [0.1, 0.15) is 26.2 Å². The predicted molar refractivity (Wildman–Crippen MR) is 54.8 cm³/mol. The average Bonchev–Trinajstić information content (AvgIpc) is 2.01. The normalized spacial score (nSPS) is 10.9. The summed E-state index contributed by atoms with van der Waals surface area (Å²) in [6.07, 6.45) is 4.14. The van der Waals surface area contributed by atoms with E-state index in [4.69, 9.17) is 0 Å². The molecule has 0 aromatic carbocycles. The van der Waals surface area contributed by atoms with Crippen molar-refractivity contribution in [3.05, 3.63) is 25.0 Å². The van der Waals surface area contributed by atoms with E-state index in [2.05, 4.69) is 21.5 Å². The van der Waals surface area contributed by atoms with E-state index < -0.39 is 10.4 Å². The maximum atomic E-state index is 10.9. The molecule has 0 aliphatic carbocycles. The lowest BCUT2D eigenvalue weighted by molar-refractivity contribution is 0.245. The number of hydrogen-bond acceptors (Lipinski definition) is 4. The summed E-state index contributed by atoms with van der Waals surface area (Å²) in [6.45, 7) is 8.43. The van der Waals surface area contributed by atoms with E-state index in [0.29, 0.717) is 6.42 Å². The van der Waals surface area contributed by atoms with Crippen LogP contribution in [0.2, 0.25) is 0 Å². The first kappa shape index (κ1) is 13.2. The molecule has 0 aliphatic rings. The van der Waals surface area contributed by atoms with Gasteiger partial charge in [0, 0.05) is 0 Å². The van der Waals surface area contributed by atoms with Crippen LogP contribution in [0.5, 0.6) is 0 Å². The van der Waals surface area contributed by atoms with E-state index in [1.54, 1.807) is 6.08 Å². The Morgan fingerprint density at radius 2 is 2.07 bits per heavy atom. The van der Waals surface area contributed by atoms with Gasteiger partial charge in [-0.15, -0.1) is 6.58 Å². The Morgan fingerprint density at radius 3 is 2.57 bits per heavy atom. The maximum Gasteiger partial charge on any atom is 0.448 e. The lowest BCUT2D eigenvalue weighted by atomic mass is 10.2. The first-order valence-electron chi connectivity index (χ1n) is 4.33. The molecular formula is C9H16O4S. The van der Waals surface area contributed by atoms with Gasteiger partial charge in [0.05, 0.1) is 6.61 Å². The topological polar surface area (TPSA) is 52.6 Å². The van der Waals surface area contributed by atoms with Gasteiger partial charge in [0.2, 0.25) is 0 Å². The largest absolute Gasteiger partial charge is 0.448 e. The molecule has 0 rings (SSSR count). The van der Waals surface area contributed by atoms with Gasteiger partial charge in [-0.05, 0) is 26.2 Å². The second-order valence-electron chi connectivity index (χ2n) is 2.80. The van der Waals surface area contributed by atoms with Crippen LogP contribution in [0.3, 0.4) is 0 Å². The molecule has 82 valence electrons. The van der Waals surface area contributed by atoms with Crippen molar-refractivity contribution in [1.82, 2.24) is 0 Å². The third kappa shape index (κ3) is 7.82.